The fourth-order valence-electron chi connectivity index (χ4n) is 2.65. The highest BCUT2D eigenvalue weighted by atomic mass is 32.1. The molecule has 0 saturated heterocycles. The van der Waals surface area contributed by atoms with E-state index in [1.807, 2.05) is 17.5 Å². The molecule has 0 radical (unpaired) electrons. The Labute approximate surface area is 121 Å². The maximum atomic E-state index is 4.62. The molecule has 0 N–H and O–H groups in total. The molecule has 1 nitrogen and oxygen atoms in total. The average molecular weight is 275 g/mol. The Balaban J connectivity index is 2.10. The molecule has 4 rings (SSSR count). The largest absolute Gasteiger partial charge is 0.255 e. The van der Waals surface area contributed by atoms with E-state index in [0.29, 0.717) is 0 Å². The van der Waals surface area contributed by atoms with Crippen LogP contribution in [0.2, 0.25) is 0 Å². The van der Waals surface area contributed by atoms with Crippen LogP contribution in [0.4, 0.5) is 0 Å². The third kappa shape index (κ3) is 1.73. The summed E-state index contributed by atoms with van der Waals surface area (Å²) in [5, 5.41) is 2.63. The summed E-state index contributed by atoms with van der Waals surface area (Å²) in [6, 6.07) is 19.2. The summed E-state index contributed by atoms with van der Waals surface area (Å²) >= 11 is 1.83. The van der Waals surface area contributed by atoms with Gasteiger partial charge in [0.2, 0.25) is 0 Å². The molecule has 2 aromatic heterocycles. The fraction of sp³-hybridized carbons (Fsp3) is 0.0556. The van der Waals surface area contributed by atoms with Gasteiger partial charge in [0, 0.05) is 27.2 Å². The number of hydrogen-bond acceptors (Lipinski definition) is 2. The van der Waals surface area contributed by atoms with Gasteiger partial charge in [0.1, 0.15) is 0 Å². The minimum Gasteiger partial charge on any atom is -0.255 e. The summed E-state index contributed by atoms with van der Waals surface area (Å²) in [6.45, 7) is 2.12. The van der Waals surface area contributed by atoms with Crippen molar-refractivity contribution in [2.75, 3.05) is 0 Å². The number of aryl methyl sites for hydroxylation is 1. The highest BCUT2D eigenvalue weighted by Crippen LogP contribution is 2.38. The number of benzene rings is 2. The lowest BCUT2D eigenvalue weighted by Gasteiger charge is -2.03. The molecule has 0 aliphatic carbocycles. The van der Waals surface area contributed by atoms with Crippen LogP contribution < -0.4 is 0 Å². The molecule has 0 aliphatic heterocycles. The van der Waals surface area contributed by atoms with Gasteiger partial charge in [-0.15, -0.1) is 11.3 Å². The van der Waals surface area contributed by atoms with Gasteiger partial charge in [-0.3, -0.25) is 4.98 Å². The maximum Gasteiger partial charge on any atom is 0.0880 e. The Bertz CT molecular complexity index is 921. The maximum absolute atomic E-state index is 4.62. The van der Waals surface area contributed by atoms with Gasteiger partial charge in [0.15, 0.2) is 0 Å². The third-order valence-corrected chi connectivity index (χ3v) is 4.78. The lowest BCUT2D eigenvalue weighted by atomic mass is 10.1. The van der Waals surface area contributed by atoms with Crippen molar-refractivity contribution in [1.82, 2.24) is 4.98 Å². The normalized spacial score (nSPS) is 11.2. The molecule has 0 fully saturated rings. The van der Waals surface area contributed by atoms with Gasteiger partial charge in [-0.05, 0) is 25.1 Å². The van der Waals surface area contributed by atoms with Gasteiger partial charge in [-0.25, -0.2) is 0 Å². The first-order chi connectivity index (χ1) is 9.83. The molecule has 2 aromatic carbocycles. The molecule has 0 saturated carbocycles. The van der Waals surface area contributed by atoms with E-state index in [1.165, 1.54) is 31.3 Å². The van der Waals surface area contributed by atoms with Crippen molar-refractivity contribution in [3.63, 3.8) is 0 Å². The topological polar surface area (TPSA) is 12.9 Å². The predicted molar refractivity (Wildman–Crippen MR) is 87.3 cm³/mol. The molecule has 0 bridgehead atoms. The summed E-state index contributed by atoms with van der Waals surface area (Å²) in [4.78, 5) is 4.62. The fourth-order valence-corrected chi connectivity index (χ4v) is 3.86. The molecule has 0 spiro atoms. The predicted octanol–water partition coefficient (Wildman–Crippen LogP) is 5.42. The number of pyridine rings is 1. The highest BCUT2D eigenvalue weighted by Gasteiger charge is 2.10. The first-order valence-corrected chi connectivity index (χ1v) is 7.48. The van der Waals surface area contributed by atoms with E-state index in [2.05, 4.69) is 66.5 Å². The van der Waals surface area contributed by atoms with E-state index >= 15 is 0 Å². The van der Waals surface area contributed by atoms with E-state index in [9.17, 15) is 0 Å². The summed E-state index contributed by atoms with van der Waals surface area (Å²) in [5.41, 5.74) is 3.55. The zero-order valence-electron chi connectivity index (χ0n) is 11.1. The standard InChI is InChI=1S/C18H13NS/c1-12-5-4-6-13(11-12)17-18-15(9-10-19-17)14-7-2-3-8-16(14)20-18/h2-11H,1H3. The molecule has 0 amide bonds. The Morgan fingerprint density at radius 2 is 1.80 bits per heavy atom. The minimum absolute atomic E-state index is 1.09. The van der Waals surface area contributed by atoms with Crippen LogP contribution in [0.5, 0.6) is 0 Å². The quantitative estimate of drug-likeness (QED) is 0.451. The minimum atomic E-state index is 1.09. The van der Waals surface area contributed by atoms with Gasteiger partial charge in [-0.1, -0.05) is 42.0 Å². The SMILES string of the molecule is Cc1cccc(-c2nccc3c2sc2ccccc23)c1. The molecule has 0 aliphatic rings. The van der Waals surface area contributed by atoms with E-state index < -0.39 is 0 Å². The molecule has 96 valence electrons. The summed E-state index contributed by atoms with van der Waals surface area (Å²) in [5.74, 6) is 0. The molecule has 4 aromatic rings. The van der Waals surface area contributed by atoms with E-state index in [-0.39, 0.29) is 0 Å². The Morgan fingerprint density at radius 3 is 2.70 bits per heavy atom. The van der Waals surface area contributed by atoms with Crippen LogP contribution in [0.1, 0.15) is 5.56 Å². The lowest BCUT2D eigenvalue weighted by molar-refractivity contribution is 1.35. The monoisotopic (exact) mass is 275 g/mol. The number of hydrogen-bond donors (Lipinski definition) is 0. The Morgan fingerprint density at radius 1 is 0.900 bits per heavy atom. The second-order valence-electron chi connectivity index (χ2n) is 5.00. The van der Waals surface area contributed by atoms with Gasteiger partial charge in [0.05, 0.1) is 10.4 Å². The van der Waals surface area contributed by atoms with Gasteiger partial charge >= 0.3 is 0 Å². The molecular weight excluding hydrogens is 262 g/mol. The number of rotatable bonds is 1. The van der Waals surface area contributed by atoms with Crippen molar-refractivity contribution in [3.05, 3.63) is 66.4 Å². The van der Waals surface area contributed by atoms with E-state index in [0.717, 1.165) is 5.69 Å². The number of fused-ring (bicyclic) bond motifs is 3. The number of aromatic nitrogens is 1. The average Bonchev–Trinajstić information content (AvgIpc) is 2.86. The van der Waals surface area contributed by atoms with Crippen LogP contribution in [-0.4, -0.2) is 4.98 Å². The van der Waals surface area contributed by atoms with Crippen molar-refractivity contribution in [2.45, 2.75) is 6.92 Å². The molecule has 20 heavy (non-hydrogen) atoms. The van der Waals surface area contributed by atoms with Crippen LogP contribution in [-0.2, 0) is 0 Å². The smallest absolute Gasteiger partial charge is 0.0880 e. The molecule has 0 unspecified atom stereocenters. The zero-order valence-corrected chi connectivity index (χ0v) is 11.9. The Kier molecular flexibility index (Phi) is 2.57. The van der Waals surface area contributed by atoms with Crippen LogP contribution in [0.15, 0.2) is 60.8 Å². The second kappa shape index (κ2) is 4.43. The van der Waals surface area contributed by atoms with Crippen molar-refractivity contribution >= 4 is 31.5 Å². The first-order valence-electron chi connectivity index (χ1n) is 6.66. The number of nitrogens with zero attached hydrogens (tertiary/aromatic N) is 1. The van der Waals surface area contributed by atoms with Gasteiger partial charge < -0.3 is 0 Å². The Hall–Kier alpha value is -2.19. The molecule has 2 heteroatoms. The van der Waals surface area contributed by atoms with Crippen molar-refractivity contribution in [3.8, 4) is 11.3 Å². The van der Waals surface area contributed by atoms with Crippen molar-refractivity contribution < 1.29 is 0 Å². The van der Waals surface area contributed by atoms with Crippen LogP contribution >= 0.6 is 11.3 Å². The summed E-state index contributed by atoms with van der Waals surface area (Å²) in [7, 11) is 0. The van der Waals surface area contributed by atoms with E-state index in [1.54, 1.807) is 0 Å². The second-order valence-corrected chi connectivity index (χ2v) is 6.06. The third-order valence-electron chi connectivity index (χ3n) is 3.59. The molecule has 0 atom stereocenters. The van der Waals surface area contributed by atoms with E-state index in [4.69, 9.17) is 0 Å². The summed E-state index contributed by atoms with van der Waals surface area (Å²) in [6.07, 6.45) is 1.92. The lowest BCUT2D eigenvalue weighted by Crippen LogP contribution is -1.83. The van der Waals surface area contributed by atoms with Gasteiger partial charge in [-0.2, -0.15) is 0 Å². The van der Waals surface area contributed by atoms with Crippen LogP contribution in [0, 0.1) is 6.92 Å². The first kappa shape index (κ1) is 11.6. The molecular formula is C18H13NS. The van der Waals surface area contributed by atoms with Crippen LogP contribution in [0.25, 0.3) is 31.4 Å². The van der Waals surface area contributed by atoms with Crippen molar-refractivity contribution in [2.24, 2.45) is 0 Å². The highest BCUT2D eigenvalue weighted by molar-refractivity contribution is 7.26. The molecule has 2 heterocycles. The van der Waals surface area contributed by atoms with Gasteiger partial charge in [0.25, 0.3) is 0 Å². The zero-order chi connectivity index (χ0) is 13.5. The number of thiophene rings is 1. The van der Waals surface area contributed by atoms with Crippen LogP contribution in [0.3, 0.4) is 0 Å². The van der Waals surface area contributed by atoms with Crippen molar-refractivity contribution in [1.29, 1.82) is 0 Å². The summed E-state index contributed by atoms with van der Waals surface area (Å²) < 4.78 is 2.60.